The van der Waals surface area contributed by atoms with E-state index in [-0.39, 0.29) is 5.91 Å². The van der Waals surface area contributed by atoms with E-state index in [0.717, 1.165) is 31.0 Å². The number of hydrogen-bond acceptors (Lipinski definition) is 3. The quantitative estimate of drug-likeness (QED) is 0.891. The highest BCUT2D eigenvalue weighted by molar-refractivity contribution is 5.76. The van der Waals surface area contributed by atoms with Crippen molar-refractivity contribution in [1.82, 2.24) is 24.6 Å². The van der Waals surface area contributed by atoms with E-state index >= 15 is 0 Å². The molecular weight excluding hydrogens is 242 g/mol. The van der Waals surface area contributed by atoms with Gasteiger partial charge in [0.05, 0.1) is 0 Å². The number of carbonyl (C=O) groups is 1. The Balaban J connectivity index is 1.61. The van der Waals surface area contributed by atoms with Crippen LogP contribution in [0.4, 0.5) is 0 Å². The first-order valence-corrected chi connectivity index (χ1v) is 6.49. The van der Waals surface area contributed by atoms with Crippen molar-refractivity contribution in [1.29, 1.82) is 0 Å². The highest BCUT2D eigenvalue weighted by Gasteiger charge is 2.28. The Morgan fingerprint density at radius 3 is 3.16 bits per heavy atom. The van der Waals surface area contributed by atoms with Gasteiger partial charge in [0.2, 0.25) is 5.91 Å². The molecule has 0 saturated carbocycles. The zero-order valence-corrected chi connectivity index (χ0v) is 10.9. The lowest BCUT2D eigenvalue weighted by molar-refractivity contribution is -0.131. The predicted octanol–water partition coefficient (Wildman–Crippen LogP) is 0.931. The largest absolute Gasteiger partial charge is 0.346 e. The van der Waals surface area contributed by atoms with Gasteiger partial charge in [0.1, 0.15) is 12.4 Å². The van der Waals surface area contributed by atoms with Crippen LogP contribution in [-0.4, -0.2) is 43.6 Å². The molecule has 100 valence electrons. The van der Waals surface area contributed by atoms with Gasteiger partial charge in [-0.1, -0.05) is 0 Å². The minimum atomic E-state index is 0.120. The van der Waals surface area contributed by atoms with Gasteiger partial charge in [-0.15, -0.1) is 0 Å². The van der Waals surface area contributed by atoms with Crippen molar-refractivity contribution < 1.29 is 4.79 Å². The topological polar surface area (TPSA) is 66.8 Å². The van der Waals surface area contributed by atoms with Crippen molar-refractivity contribution in [3.63, 3.8) is 0 Å². The Labute approximate surface area is 111 Å². The molecule has 6 heteroatoms. The molecular formula is C13H17N5O. The van der Waals surface area contributed by atoms with Crippen LogP contribution in [0.25, 0.3) is 0 Å². The molecule has 0 aromatic carbocycles. The standard InChI is InChI=1S/C13H17N5O/c1-10-7-14-13(16-10)11-3-6-17(8-11)12(19)9-18-5-2-4-15-18/h2,4-5,7,11H,3,6,8-9H2,1H3,(H,14,16)/t11-/m0/s1. The van der Waals surface area contributed by atoms with Crippen molar-refractivity contribution in [2.75, 3.05) is 13.1 Å². The number of aromatic amines is 1. The van der Waals surface area contributed by atoms with Gasteiger partial charge in [0.15, 0.2) is 0 Å². The first kappa shape index (κ1) is 12.0. The highest BCUT2D eigenvalue weighted by Crippen LogP contribution is 2.25. The van der Waals surface area contributed by atoms with Gasteiger partial charge in [-0.2, -0.15) is 5.10 Å². The molecule has 0 unspecified atom stereocenters. The van der Waals surface area contributed by atoms with E-state index in [1.807, 2.05) is 24.1 Å². The van der Waals surface area contributed by atoms with E-state index in [1.54, 1.807) is 17.1 Å². The third kappa shape index (κ3) is 2.52. The van der Waals surface area contributed by atoms with Crippen LogP contribution in [0.3, 0.4) is 0 Å². The maximum atomic E-state index is 12.1. The predicted molar refractivity (Wildman–Crippen MR) is 69.5 cm³/mol. The Hall–Kier alpha value is -2.11. The van der Waals surface area contributed by atoms with Gasteiger partial charge < -0.3 is 9.88 Å². The van der Waals surface area contributed by atoms with E-state index in [4.69, 9.17) is 0 Å². The second-order valence-electron chi connectivity index (χ2n) is 4.98. The second-order valence-corrected chi connectivity index (χ2v) is 4.98. The number of carbonyl (C=O) groups excluding carboxylic acids is 1. The number of imidazole rings is 1. The number of aryl methyl sites for hydroxylation is 1. The molecule has 0 bridgehead atoms. The SMILES string of the molecule is Cc1cnc([C@H]2CCN(C(=O)Cn3cccn3)C2)[nH]1. The number of nitrogens with zero attached hydrogens (tertiary/aromatic N) is 4. The fraction of sp³-hybridized carbons (Fsp3) is 0.462. The minimum Gasteiger partial charge on any atom is -0.346 e. The molecule has 19 heavy (non-hydrogen) atoms. The van der Waals surface area contributed by atoms with Gasteiger partial charge in [-0.3, -0.25) is 9.48 Å². The summed E-state index contributed by atoms with van der Waals surface area (Å²) in [5.41, 5.74) is 1.07. The van der Waals surface area contributed by atoms with E-state index in [2.05, 4.69) is 15.1 Å². The summed E-state index contributed by atoms with van der Waals surface area (Å²) >= 11 is 0. The summed E-state index contributed by atoms with van der Waals surface area (Å²) in [4.78, 5) is 21.6. The first-order chi connectivity index (χ1) is 9.22. The molecule has 6 nitrogen and oxygen atoms in total. The smallest absolute Gasteiger partial charge is 0.244 e. The highest BCUT2D eigenvalue weighted by atomic mass is 16.2. The Morgan fingerprint density at radius 2 is 2.47 bits per heavy atom. The summed E-state index contributed by atoms with van der Waals surface area (Å²) in [5.74, 6) is 1.44. The number of rotatable bonds is 3. The van der Waals surface area contributed by atoms with Crippen molar-refractivity contribution >= 4 is 5.91 Å². The summed E-state index contributed by atoms with van der Waals surface area (Å²) in [6, 6.07) is 1.83. The van der Waals surface area contributed by atoms with Crippen LogP contribution in [0.5, 0.6) is 0 Å². The molecule has 1 fully saturated rings. The summed E-state index contributed by atoms with van der Waals surface area (Å²) in [6.07, 6.45) is 6.30. The lowest BCUT2D eigenvalue weighted by Crippen LogP contribution is -2.31. The van der Waals surface area contributed by atoms with Gasteiger partial charge in [-0.25, -0.2) is 4.98 Å². The molecule has 2 aromatic heterocycles. The molecule has 2 aromatic rings. The maximum Gasteiger partial charge on any atom is 0.244 e. The van der Waals surface area contributed by atoms with Crippen LogP contribution in [0.15, 0.2) is 24.7 Å². The Morgan fingerprint density at radius 1 is 1.58 bits per heavy atom. The molecule has 0 spiro atoms. The monoisotopic (exact) mass is 259 g/mol. The molecule has 1 saturated heterocycles. The summed E-state index contributed by atoms with van der Waals surface area (Å²) in [6.45, 7) is 3.85. The number of H-pyrrole nitrogens is 1. The van der Waals surface area contributed by atoms with Crippen molar-refractivity contribution in [3.05, 3.63) is 36.2 Å². The lowest BCUT2D eigenvalue weighted by Gasteiger charge is -2.16. The van der Waals surface area contributed by atoms with Crippen molar-refractivity contribution in [3.8, 4) is 0 Å². The number of amides is 1. The third-order valence-electron chi connectivity index (χ3n) is 3.51. The fourth-order valence-corrected chi connectivity index (χ4v) is 2.48. The number of likely N-dealkylation sites (tertiary alicyclic amines) is 1. The zero-order chi connectivity index (χ0) is 13.2. The Kier molecular flexibility index (Phi) is 3.06. The Bertz CT molecular complexity index is 559. The summed E-state index contributed by atoms with van der Waals surface area (Å²) in [5, 5.41) is 4.06. The lowest BCUT2D eigenvalue weighted by atomic mass is 10.1. The van der Waals surface area contributed by atoms with Crippen LogP contribution in [0, 0.1) is 6.92 Å². The number of nitrogens with one attached hydrogen (secondary N) is 1. The minimum absolute atomic E-state index is 0.120. The van der Waals surface area contributed by atoms with Gasteiger partial charge in [0.25, 0.3) is 0 Å². The van der Waals surface area contributed by atoms with Crippen molar-refractivity contribution in [2.45, 2.75) is 25.8 Å². The molecule has 0 radical (unpaired) electrons. The summed E-state index contributed by atoms with van der Waals surface area (Å²) in [7, 11) is 0. The molecule has 3 heterocycles. The molecule has 0 aliphatic carbocycles. The van der Waals surface area contributed by atoms with Crippen LogP contribution in [-0.2, 0) is 11.3 Å². The molecule has 1 amide bonds. The molecule has 1 aliphatic rings. The van der Waals surface area contributed by atoms with E-state index < -0.39 is 0 Å². The van der Waals surface area contributed by atoms with Crippen LogP contribution < -0.4 is 0 Å². The first-order valence-electron chi connectivity index (χ1n) is 6.49. The van der Waals surface area contributed by atoms with Crippen LogP contribution in [0.1, 0.15) is 23.9 Å². The van der Waals surface area contributed by atoms with Gasteiger partial charge in [0, 0.05) is 43.3 Å². The van der Waals surface area contributed by atoms with Crippen LogP contribution in [0.2, 0.25) is 0 Å². The fourth-order valence-electron chi connectivity index (χ4n) is 2.48. The average Bonchev–Trinajstić information content (AvgIpc) is 3.07. The molecule has 1 atom stereocenters. The maximum absolute atomic E-state index is 12.1. The van der Waals surface area contributed by atoms with Crippen molar-refractivity contribution in [2.24, 2.45) is 0 Å². The number of hydrogen-bond donors (Lipinski definition) is 1. The van der Waals surface area contributed by atoms with Crippen LogP contribution >= 0.6 is 0 Å². The van der Waals surface area contributed by atoms with E-state index in [1.165, 1.54) is 0 Å². The molecule has 3 rings (SSSR count). The molecule has 1 aliphatic heterocycles. The second kappa shape index (κ2) is 4.87. The molecule has 1 N–H and O–H groups in total. The normalized spacial score (nSPS) is 19.0. The zero-order valence-electron chi connectivity index (χ0n) is 10.9. The van der Waals surface area contributed by atoms with Gasteiger partial charge in [-0.05, 0) is 19.4 Å². The van der Waals surface area contributed by atoms with E-state index in [9.17, 15) is 4.79 Å². The number of aromatic nitrogens is 4. The van der Waals surface area contributed by atoms with Gasteiger partial charge >= 0.3 is 0 Å². The summed E-state index contributed by atoms with van der Waals surface area (Å²) < 4.78 is 1.66. The third-order valence-corrected chi connectivity index (χ3v) is 3.51. The average molecular weight is 259 g/mol. The van der Waals surface area contributed by atoms with E-state index in [0.29, 0.717) is 12.5 Å².